The third-order valence-corrected chi connectivity index (χ3v) is 9.50. The highest BCUT2D eigenvalue weighted by Gasteiger charge is 2.46. The number of ether oxygens (including phenoxy) is 5. The molecule has 4 aromatic rings. The van der Waals surface area contributed by atoms with Gasteiger partial charge in [-0.2, -0.15) is 0 Å². The van der Waals surface area contributed by atoms with Crippen LogP contribution >= 0.6 is 0 Å². The fourth-order valence-corrected chi connectivity index (χ4v) is 7.22. The van der Waals surface area contributed by atoms with E-state index >= 15 is 0 Å². The van der Waals surface area contributed by atoms with E-state index in [1.807, 2.05) is 66.7 Å². The number of hydrogen-bond donors (Lipinski definition) is 1. The molecule has 10 heteroatoms. The van der Waals surface area contributed by atoms with Crippen molar-refractivity contribution in [3.8, 4) is 11.1 Å². The molecule has 0 bridgehead atoms. The Morgan fingerprint density at radius 3 is 2.28 bits per heavy atom. The van der Waals surface area contributed by atoms with E-state index in [9.17, 15) is 14.4 Å². The third kappa shape index (κ3) is 7.99. The first-order chi connectivity index (χ1) is 24.4. The summed E-state index contributed by atoms with van der Waals surface area (Å²) >= 11 is 0. The van der Waals surface area contributed by atoms with Gasteiger partial charge in [0.05, 0.1) is 38.1 Å². The molecule has 2 aliphatic heterocycles. The zero-order valence-corrected chi connectivity index (χ0v) is 27.8. The Morgan fingerprint density at radius 2 is 1.54 bits per heavy atom. The van der Waals surface area contributed by atoms with Gasteiger partial charge in [-0.25, -0.2) is 9.59 Å². The maximum atomic E-state index is 13.5. The summed E-state index contributed by atoms with van der Waals surface area (Å²) in [6, 6.07) is 28.4. The summed E-state index contributed by atoms with van der Waals surface area (Å²) in [6.45, 7) is 0.734. The van der Waals surface area contributed by atoms with Crippen LogP contribution in [0.5, 0.6) is 0 Å². The van der Waals surface area contributed by atoms with Gasteiger partial charge in [0.2, 0.25) is 0 Å². The highest BCUT2D eigenvalue weighted by atomic mass is 16.7. The zero-order chi connectivity index (χ0) is 34.3. The highest BCUT2D eigenvalue weighted by molar-refractivity contribution is 5.82. The van der Waals surface area contributed by atoms with E-state index in [2.05, 4.69) is 17.4 Å². The largest absolute Gasteiger partial charge is 0.469 e. The van der Waals surface area contributed by atoms with E-state index in [-0.39, 0.29) is 50.8 Å². The second kappa shape index (κ2) is 15.4. The van der Waals surface area contributed by atoms with Gasteiger partial charge in [-0.1, -0.05) is 78.9 Å². The minimum Gasteiger partial charge on any atom is -0.469 e. The summed E-state index contributed by atoms with van der Waals surface area (Å²) < 4.78 is 35.5. The fraction of sp³-hybridized carbons (Fsp3) is 0.375. The minimum absolute atomic E-state index is 0.0491. The van der Waals surface area contributed by atoms with Gasteiger partial charge >= 0.3 is 12.1 Å². The standard InChI is InChI=1S/C40H41NO9/c42-28-20-31(24-45-23-27-10-2-1-3-11-27)50-40(22-28)18-8-12-30(49-40)25-47-38(43)37(21-29-13-9-19-46-29)41-39(44)48-26-36-34-16-6-4-14-32(34)33-15-5-7-17-35(33)36/h1-7,9-11,13-17,19,30-31,36-37H,8,12,18,20-26H2,(H,41,44)/t30-,31-,37+,40-/m1/s1. The topological polar surface area (TPSA) is 123 Å². The lowest BCUT2D eigenvalue weighted by molar-refractivity contribution is -0.313. The van der Waals surface area contributed by atoms with Gasteiger partial charge in [0.1, 0.15) is 30.8 Å². The molecule has 3 heterocycles. The number of amides is 1. The first kappa shape index (κ1) is 33.7. The fourth-order valence-electron chi connectivity index (χ4n) is 7.22. The van der Waals surface area contributed by atoms with Crippen molar-refractivity contribution < 1.29 is 42.5 Å². The summed E-state index contributed by atoms with van der Waals surface area (Å²) in [6.07, 6.45) is 2.26. The molecule has 1 N–H and O–H groups in total. The molecule has 0 radical (unpaired) electrons. The maximum Gasteiger partial charge on any atom is 0.407 e. The first-order valence-electron chi connectivity index (χ1n) is 17.2. The second-order valence-corrected chi connectivity index (χ2v) is 13.1. The predicted molar refractivity (Wildman–Crippen MR) is 182 cm³/mol. The molecule has 4 atom stereocenters. The Bertz CT molecular complexity index is 1730. The quantitative estimate of drug-likeness (QED) is 0.167. The number of carbonyl (C=O) groups is 3. The number of Topliss-reactive ketones (excluding diaryl/α,β-unsaturated/α-hetero) is 1. The van der Waals surface area contributed by atoms with Crippen LogP contribution in [0, 0.1) is 0 Å². The molecule has 1 spiro atoms. The Labute approximate surface area is 291 Å². The van der Waals surface area contributed by atoms with Crippen LogP contribution in [0.15, 0.2) is 102 Å². The van der Waals surface area contributed by atoms with E-state index in [1.54, 1.807) is 12.1 Å². The number of esters is 1. The van der Waals surface area contributed by atoms with E-state index < -0.39 is 36.1 Å². The van der Waals surface area contributed by atoms with Gasteiger partial charge in [0, 0.05) is 25.2 Å². The molecule has 260 valence electrons. The molecular formula is C40H41NO9. The van der Waals surface area contributed by atoms with Crippen molar-refractivity contribution in [2.24, 2.45) is 0 Å². The van der Waals surface area contributed by atoms with Crippen LogP contribution in [-0.2, 0) is 46.3 Å². The number of fused-ring (bicyclic) bond motifs is 3. The van der Waals surface area contributed by atoms with Crippen molar-refractivity contribution in [1.82, 2.24) is 5.32 Å². The lowest BCUT2D eigenvalue weighted by Crippen LogP contribution is -2.52. The third-order valence-electron chi connectivity index (χ3n) is 9.50. The molecule has 2 saturated heterocycles. The molecule has 3 aromatic carbocycles. The molecule has 2 fully saturated rings. The Hall–Kier alpha value is -4.77. The number of benzene rings is 3. The SMILES string of the molecule is O=C1C[C@H](COCc2ccccc2)O[C@]2(CCC[C@H](COC(=O)[C@H](Cc3ccco3)NC(=O)OCC3c4ccccc4-c4ccccc43)O2)C1. The zero-order valence-electron chi connectivity index (χ0n) is 27.8. The summed E-state index contributed by atoms with van der Waals surface area (Å²) in [5.41, 5.74) is 5.47. The minimum atomic E-state index is -1.08. The number of furan rings is 1. The normalized spacial score (nSPS) is 22.0. The average molecular weight is 680 g/mol. The molecule has 50 heavy (non-hydrogen) atoms. The van der Waals surface area contributed by atoms with Gasteiger partial charge in [0.15, 0.2) is 5.79 Å². The Balaban J connectivity index is 0.938. The number of carbonyl (C=O) groups excluding carboxylic acids is 3. The van der Waals surface area contributed by atoms with Crippen molar-refractivity contribution in [3.05, 3.63) is 120 Å². The van der Waals surface area contributed by atoms with Gasteiger partial charge in [-0.15, -0.1) is 0 Å². The molecular weight excluding hydrogens is 638 g/mol. The van der Waals surface area contributed by atoms with Crippen molar-refractivity contribution in [3.63, 3.8) is 0 Å². The Morgan fingerprint density at radius 1 is 0.820 bits per heavy atom. The first-order valence-corrected chi connectivity index (χ1v) is 17.2. The molecule has 0 saturated carbocycles. The highest BCUT2D eigenvalue weighted by Crippen LogP contribution is 2.44. The second-order valence-electron chi connectivity index (χ2n) is 13.1. The van der Waals surface area contributed by atoms with Crippen molar-refractivity contribution in [2.45, 2.75) is 75.1 Å². The smallest absolute Gasteiger partial charge is 0.407 e. The van der Waals surface area contributed by atoms with Crippen LogP contribution in [0.1, 0.15) is 60.5 Å². The number of nitrogens with one attached hydrogen (secondary N) is 1. The summed E-state index contributed by atoms with van der Waals surface area (Å²) in [7, 11) is 0. The average Bonchev–Trinajstić information content (AvgIpc) is 3.75. The summed E-state index contributed by atoms with van der Waals surface area (Å²) in [5, 5.41) is 2.69. The van der Waals surface area contributed by atoms with Crippen molar-refractivity contribution in [2.75, 3.05) is 19.8 Å². The van der Waals surface area contributed by atoms with E-state index in [1.165, 1.54) is 6.26 Å². The van der Waals surface area contributed by atoms with Gasteiger partial charge in [-0.3, -0.25) is 4.79 Å². The lowest BCUT2D eigenvalue weighted by atomic mass is 9.92. The number of rotatable bonds is 12. The Kier molecular flexibility index (Phi) is 10.4. The molecule has 1 aliphatic carbocycles. The van der Waals surface area contributed by atoms with Gasteiger partial charge in [-0.05, 0) is 52.8 Å². The molecule has 3 aliphatic rings. The van der Waals surface area contributed by atoms with Gasteiger partial charge < -0.3 is 33.4 Å². The molecule has 0 unspecified atom stereocenters. The van der Waals surface area contributed by atoms with Crippen LogP contribution in [0.4, 0.5) is 4.79 Å². The number of alkyl carbamates (subject to hydrolysis) is 1. The van der Waals surface area contributed by atoms with Crippen LogP contribution < -0.4 is 5.32 Å². The number of hydrogen-bond acceptors (Lipinski definition) is 9. The summed E-state index contributed by atoms with van der Waals surface area (Å²) in [5.74, 6) is -1.30. The number of ketones is 1. The van der Waals surface area contributed by atoms with Gasteiger partial charge in [0.25, 0.3) is 0 Å². The van der Waals surface area contributed by atoms with Crippen LogP contribution in [-0.4, -0.2) is 61.7 Å². The molecule has 7 rings (SSSR count). The lowest BCUT2D eigenvalue weighted by Gasteiger charge is -2.45. The van der Waals surface area contributed by atoms with E-state index in [0.29, 0.717) is 25.2 Å². The van der Waals surface area contributed by atoms with Crippen LogP contribution in [0.25, 0.3) is 11.1 Å². The molecule has 1 aromatic heterocycles. The van der Waals surface area contributed by atoms with E-state index in [0.717, 1.165) is 34.2 Å². The molecule has 10 nitrogen and oxygen atoms in total. The summed E-state index contributed by atoms with van der Waals surface area (Å²) in [4.78, 5) is 39.4. The van der Waals surface area contributed by atoms with E-state index in [4.69, 9.17) is 28.1 Å². The predicted octanol–water partition coefficient (Wildman–Crippen LogP) is 6.50. The van der Waals surface area contributed by atoms with Crippen LogP contribution in [0.3, 0.4) is 0 Å². The van der Waals surface area contributed by atoms with Crippen LogP contribution in [0.2, 0.25) is 0 Å². The van der Waals surface area contributed by atoms with Crippen molar-refractivity contribution in [1.29, 1.82) is 0 Å². The maximum absolute atomic E-state index is 13.5. The van der Waals surface area contributed by atoms with Crippen molar-refractivity contribution >= 4 is 17.8 Å². The monoisotopic (exact) mass is 679 g/mol. The molecule has 1 amide bonds.